The van der Waals surface area contributed by atoms with Gasteiger partial charge in [0.1, 0.15) is 12.2 Å². The van der Waals surface area contributed by atoms with Crippen LogP contribution in [0.1, 0.15) is 44.3 Å². The van der Waals surface area contributed by atoms with Crippen LogP contribution in [0.2, 0.25) is 0 Å². The van der Waals surface area contributed by atoms with Crippen molar-refractivity contribution in [1.82, 2.24) is 14.8 Å². The minimum absolute atomic E-state index is 0.400. The van der Waals surface area contributed by atoms with Gasteiger partial charge in [0.05, 0.1) is 11.7 Å². The summed E-state index contributed by atoms with van der Waals surface area (Å²) in [7, 11) is 3.56. The number of ether oxygens (including phenoxy) is 1. The number of aliphatic hydroxyl groups excluding tert-OH is 1. The number of aryl methyl sites for hydroxylation is 1. The maximum absolute atomic E-state index is 10.5. The number of aliphatic hydroxyl groups is 1. The van der Waals surface area contributed by atoms with Crippen LogP contribution in [-0.2, 0) is 18.2 Å². The smallest absolute Gasteiger partial charge is 0.138 e. The molecule has 1 aliphatic carbocycles. The number of aromatic nitrogens is 3. The van der Waals surface area contributed by atoms with Crippen LogP contribution < -0.4 is 0 Å². The maximum atomic E-state index is 10.5. The average molecular weight is 253 g/mol. The highest BCUT2D eigenvalue weighted by Crippen LogP contribution is 2.34. The highest BCUT2D eigenvalue weighted by molar-refractivity contribution is 4.97. The van der Waals surface area contributed by atoms with Gasteiger partial charge in [0.25, 0.3) is 0 Å². The Balaban J connectivity index is 2.08. The maximum Gasteiger partial charge on any atom is 0.138 e. The summed E-state index contributed by atoms with van der Waals surface area (Å²) in [5, 5.41) is 14.6. The predicted octanol–water partition coefficient (Wildman–Crippen LogP) is 1.46. The third-order valence-electron chi connectivity index (χ3n) is 4.14. The molecule has 1 N–H and O–H groups in total. The van der Waals surface area contributed by atoms with E-state index in [1.54, 1.807) is 11.8 Å². The molecule has 1 saturated carbocycles. The molecule has 5 heteroatoms. The second-order valence-corrected chi connectivity index (χ2v) is 5.20. The van der Waals surface area contributed by atoms with E-state index in [0.717, 1.165) is 31.5 Å². The molecule has 0 bridgehead atoms. The number of methoxy groups -OCH3 is 1. The van der Waals surface area contributed by atoms with Gasteiger partial charge in [-0.1, -0.05) is 25.7 Å². The molecule has 0 aliphatic heterocycles. The van der Waals surface area contributed by atoms with Crippen molar-refractivity contribution in [3.05, 3.63) is 12.2 Å². The number of rotatable bonds is 4. The van der Waals surface area contributed by atoms with Crippen molar-refractivity contribution < 1.29 is 9.84 Å². The normalized spacial score (nSPS) is 21.5. The lowest BCUT2D eigenvalue weighted by molar-refractivity contribution is -0.111. The number of nitrogens with zero attached hydrogens (tertiary/aromatic N) is 3. The molecule has 0 spiro atoms. The molecule has 1 unspecified atom stereocenters. The highest BCUT2D eigenvalue weighted by atomic mass is 16.5. The summed E-state index contributed by atoms with van der Waals surface area (Å²) in [6.07, 6.45) is 8.12. The van der Waals surface area contributed by atoms with Crippen molar-refractivity contribution in [2.45, 2.75) is 56.7 Å². The van der Waals surface area contributed by atoms with Gasteiger partial charge in [0.2, 0.25) is 0 Å². The van der Waals surface area contributed by atoms with Crippen LogP contribution in [0.5, 0.6) is 0 Å². The van der Waals surface area contributed by atoms with Gasteiger partial charge in [-0.25, -0.2) is 4.98 Å². The first-order valence-electron chi connectivity index (χ1n) is 6.74. The zero-order valence-corrected chi connectivity index (χ0v) is 11.3. The monoisotopic (exact) mass is 253 g/mol. The Morgan fingerprint density at radius 1 is 1.39 bits per heavy atom. The molecule has 2 rings (SSSR count). The fourth-order valence-corrected chi connectivity index (χ4v) is 2.86. The van der Waals surface area contributed by atoms with Crippen LogP contribution in [0.3, 0.4) is 0 Å². The Morgan fingerprint density at radius 3 is 2.56 bits per heavy atom. The Bertz CT molecular complexity index is 370. The fraction of sp³-hybridized carbons (Fsp3) is 0.846. The van der Waals surface area contributed by atoms with Crippen LogP contribution >= 0.6 is 0 Å². The summed E-state index contributed by atoms with van der Waals surface area (Å²) >= 11 is 0. The molecule has 0 amide bonds. The molecular weight excluding hydrogens is 230 g/mol. The van der Waals surface area contributed by atoms with Gasteiger partial charge in [-0.05, 0) is 12.8 Å². The van der Waals surface area contributed by atoms with Gasteiger partial charge in [-0.15, -0.1) is 0 Å². The molecule has 1 aliphatic rings. The summed E-state index contributed by atoms with van der Waals surface area (Å²) in [6.45, 7) is 0. The summed E-state index contributed by atoms with van der Waals surface area (Å²) in [6, 6.07) is 0. The second-order valence-electron chi connectivity index (χ2n) is 5.20. The standard InChI is InChI=1S/C13H23N3O2/c1-16-12(14-10-15-16)9-11(17)13(18-2)7-5-3-4-6-8-13/h10-11,17H,3-9H2,1-2H3. The van der Waals surface area contributed by atoms with E-state index in [9.17, 15) is 5.11 Å². The third-order valence-corrected chi connectivity index (χ3v) is 4.14. The molecule has 1 aromatic rings. The first kappa shape index (κ1) is 13.5. The molecule has 1 aromatic heterocycles. The lowest BCUT2D eigenvalue weighted by Crippen LogP contribution is -2.45. The van der Waals surface area contributed by atoms with Crippen molar-refractivity contribution in [2.75, 3.05) is 7.11 Å². The number of hydrogen-bond acceptors (Lipinski definition) is 4. The molecule has 5 nitrogen and oxygen atoms in total. The molecule has 1 heterocycles. The molecule has 102 valence electrons. The summed E-state index contributed by atoms with van der Waals surface area (Å²) in [4.78, 5) is 4.18. The van der Waals surface area contributed by atoms with Gasteiger partial charge in [0, 0.05) is 20.6 Å². The molecule has 0 aromatic carbocycles. The fourth-order valence-electron chi connectivity index (χ4n) is 2.86. The van der Waals surface area contributed by atoms with Crippen LogP contribution in [0, 0.1) is 0 Å². The van der Waals surface area contributed by atoms with E-state index in [0.29, 0.717) is 6.42 Å². The lowest BCUT2D eigenvalue weighted by atomic mass is 9.86. The van der Waals surface area contributed by atoms with E-state index in [2.05, 4.69) is 10.1 Å². The summed E-state index contributed by atoms with van der Waals surface area (Å²) < 4.78 is 7.41. The van der Waals surface area contributed by atoms with Gasteiger partial charge >= 0.3 is 0 Å². The van der Waals surface area contributed by atoms with Crippen molar-refractivity contribution >= 4 is 0 Å². The molecule has 1 atom stereocenters. The topological polar surface area (TPSA) is 60.2 Å². The summed E-state index contributed by atoms with van der Waals surface area (Å²) in [5.41, 5.74) is -0.400. The average Bonchev–Trinajstić information content (AvgIpc) is 2.66. The summed E-state index contributed by atoms with van der Waals surface area (Å²) in [5.74, 6) is 0.808. The third kappa shape index (κ3) is 2.72. The minimum Gasteiger partial charge on any atom is -0.390 e. The molecular formula is C13H23N3O2. The number of hydrogen-bond donors (Lipinski definition) is 1. The molecule has 0 saturated heterocycles. The zero-order chi connectivity index (χ0) is 13.0. The van der Waals surface area contributed by atoms with Crippen LogP contribution in [0.25, 0.3) is 0 Å². The second kappa shape index (κ2) is 5.80. The van der Waals surface area contributed by atoms with Gasteiger partial charge in [-0.2, -0.15) is 5.10 Å². The predicted molar refractivity (Wildman–Crippen MR) is 68.2 cm³/mol. The van der Waals surface area contributed by atoms with Crippen molar-refractivity contribution in [1.29, 1.82) is 0 Å². The first-order chi connectivity index (χ1) is 8.68. The van der Waals surface area contributed by atoms with E-state index < -0.39 is 11.7 Å². The quantitative estimate of drug-likeness (QED) is 0.825. The van der Waals surface area contributed by atoms with E-state index in [1.807, 2.05) is 7.05 Å². The van der Waals surface area contributed by atoms with E-state index >= 15 is 0 Å². The Kier molecular flexibility index (Phi) is 4.35. The largest absolute Gasteiger partial charge is 0.390 e. The minimum atomic E-state index is -0.511. The first-order valence-corrected chi connectivity index (χ1v) is 6.74. The van der Waals surface area contributed by atoms with Crippen LogP contribution in [-0.4, -0.2) is 38.7 Å². The van der Waals surface area contributed by atoms with E-state index in [1.165, 1.54) is 19.2 Å². The molecule has 0 radical (unpaired) electrons. The van der Waals surface area contributed by atoms with Crippen LogP contribution in [0.4, 0.5) is 0 Å². The molecule has 1 fully saturated rings. The van der Waals surface area contributed by atoms with Crippen molar-refractivity contribution in [3.63, 3.8) is 0 Å². The SMILES string of the molecule is COC1(C(O)Cc2ncnn2C)CCCCCC1. The van der Waals surface area contributed by atoms with E-state index in [-0.39, 0.29) is 0 Å². The van der Waals surface area contributed by atoms with E-state index in [4.69, 9.17) is 4.74 Å². The Hall–Kier alpha value is -0.940. The zero-order valence-electron chi connectivity index (χ0n) is 11.3. The Labute approximate surface area is 108 Å². The van der Waals surface area contributed by atoms with Crippen LogP contribution in [0.15, 0.2) is 6.33 Å². The van der Waals surface area contributed by atoms with Crippen molar-refractivity contribution in [3.8, 4) is 0 Å². The Morgan fingerprint density at radius 2 is 2.06 bits per heavy atom. The van der Waals surface area contributed by atoms with Gasteiger partial charge in [0.15, 0.2) is 0 Å². The highest BCUT2D eigenvalue weighted by Gasteiger charge is 2.38. The van der Waals surface area contributed by atoms with Crippen molar-refractivity contribution in [2.24, 2.45) is 7.05 Å². The molecule has 18 heavy (non-hydrogen) atoms. The van der Waals surface area contributed by atoms with Gasteiger partial charge < -0.3 is 9.84 Å². The van der Waals surface area contributed by atoms with Gasteiger partial charge in [-0.3, -0.25) is 4.68 Å². The lowest BCUT2D eigenvalue weighted by Gasteiger charge is -2.36.